The predicted octanol–water partition coefficient (Wildman–Crippen LogP) is 3.65. The first-order chi connectivity index (χ1) is 10.1. The number of nitro groups is 1. The van der Waals surface area contributed by atoms with Gasteiger partial charge in [-0.1, -0.05) is 42.5 Å². The Bertz CT molecular complexity index is 665. The van der Waals surface area contributed by atoms with Gasteiger partial charge in [-0.3, -0.25) is 14.9 Å². The fourth-order valence-electron chi connectivity index (χ4n) is 2.30. The lowest BCUT2D eigenvalue weighted by molar-refractivity contribution is -0.385. The van der Waals surface area contributed by atoms with Gasteiger partial charge in [0.1, 0.15) is 5.78 Å². The molecule has 21 heavy (non-hydrogen) atoms. The number of nitrogens with zero attached hydrogens (tertiary/aromatic N) is 1. The van der Waals surface area contributed by atoms with Crippen LogP contribution in [0.5, 0.6) is 0 Å². The topological polar surface area (TPSA) is 60.2 Å². The number of Topliss-reactive ketones (excluding diaryl/α,β-unsaturated/α-hetero) is 1. The number of carbonyl (C=O) groups excluding carboxylic acids is 1. The zero-order valence-corrected chi connectivity index (χ0v) is 11.9. The summed E-state index contributed by atoms with van der Waals surface area (Å²) < 4.78 is 0. The number of para-hydroxylation sites is 1. The fourth-order valence-corrected chi connectivity index (χ4v) is 2.30. The normalized spacial score (nSPS) is 10.3. The molecule has 2 rings (SSSR count). The molecule has 0 aliphatic rings. The molecule has 0 spiro atoms. The molecule has 0 radical (unpaired) electrons. The summed E-state index contributed by atoms with van der Waals surface area (Å²) in [5, 5.41) is 10.9. The zero-order valence-electron chi connectivity index (χ0n) is 11.9. The molecule has 108 valence electrons. The average molecular weight is 283 g/mol. The van der Waals surface area contributed by atoms with Crippen molar-refractivity contribution in [3.63, 3.8) is 0 Å². The van der Waals surface area contributed by atoms with Gasteiger partial charge in [-0.05, 0) is 24.5 Å². The summed E-state index contributed by atoms with van der Waals surface area (Å²) in [5.74, 6) is 0.0209. The van der Waals surface area contributed by atoms with Crippen LogP contribution in [0.2, 0.25) is 0 Å². The van der Waals surface area contributed by atoms with Crippen LogP contribution in [0.25, 0.3) is 0 Å². The third kappa shape index (κ3) is 3.99. The molecular weight excluding hydrogens is 266 g/mol. The van der Waals surface area contributed by atoms with Crippen molar-refractivity contribution in [3.8, 4) is 0 Å². The molecule has 0 N–H and O–H groups in total. The van der Waals surface area contributed by atoms with E-state index in [0.717, 1.165) is 11.1 Å². The largest absolute Gasteiger partial charge is 0.299 e. The third-order valence-corrected chi connectivity index (χ3v) is 3.51. The van der Waals surface area contributed by atoms with Crippen molar-refractivity contribution in [3.05, 3.63) is 75.3 Å². The van der Waals surface area contributed by atoms with Crippen molar-refractivity contribution in [2.75, 3.05) is 0 Å². The first-order valence-electron chi connectivity index (χ1n) is 6.86. The van der Waals surface area contributed by atoms with Gasteiger partial charge >= 0.3 is 0 Å². The maximum Gasteiger partial charge on any atom is 0.273 e. The number of ketones is 1. The molecule has 0 aromatic heterocycles. The summed E-state index contributed by atoms with van der Waals surface area (Å²) in [7, 11) is 0. The van der Waals surface area contributed by atoms with E-state index in [2.05, 4.69) is 0 Å². The van der Waals surface area contributed by atoms with E-state index in [9.17, 15) is 14.9 Å². The number of hydrogen-bond acceptors (Lipinski definition) is 3. The van der Waals surface area contributed by atoms with Gasteiger partial charge in [0.25, 0.3) is 5.69 Å². The highest BCUT2D eigenvalue weighted by Crippen LogP contribution is 2.19. The second-order valence-electron chi connectivity index (χ2n) is 5.03. The Morgan fingerprint density at radius 2 is 1.67 bits per heavy atom. The maximum absolute atomic E-state index is 12.0. The molecule has 2 aromatic carbocycles. The van der Waals surface area contributed by atoms with E-state index in [-0.39, 0.29) is 17.9 Å². The van der Waals surface area contributed by atoms with E-state index in [1.807, 2.05) is 31.2 Å². The molecule has 0 saturated carbocycles. The Morgan fingerprint density at radius 1 is 1.05 bits per heavy atom. The average Bonchev–Trinajstić information content (AvgIpc) is 2.47. The van der Waals surface area contributed by atoms with Crippen LogP contribution in [-0.4, -0.2) is 10.7 Å². The molecule has 0 bridgehead atoms. The zero-order chi connectivity index (χ0) is 15.2. The van der Waals surface area contributed by atoms with Crippen LogP contribution in [0.15, 0.2) is 48.5 Å². The van der Waals surface area contributed by atoms with Crippen LogP contribution >= 0.6 is 0 Å². The Kier molecular flexibility index (Phi) is 4.82. The number of nitro benzene ring substituents is 1. The molecule has 4 nitrogen and oxygen atoms in total. The third-order valence-electron chi connectivity index (χ3n) is 3.51. The Hall–Kier alpha value is -2.49. The number of aryl methyl sites for hydroxylation is 2. The molecule has 0 atom stereocenters. The molecular formula is C17H17NO3. The Labute approximate surface area is 123 Å². The van der Waals surface area contributed by atoms with Crippen molar-refractivity contribution in [2.45, 2.75) is 26.2 Å². The maximum atomic E-state index is 12.0. The van der Waals surface area contributed by atoms with Gasteiger partial charge in [-0.15, -0.1) is 0 Å². The lowest BCUT2D eigenvalue weighted by Gasteiger charge is -2.05. The lowest BCUT2D eigenvalue weighted by Crippen LogP contribution is -2.07. The molecule has 0 heterocycles. The Morgan fingerprint density at radius 3 is 2.33 bits per heavy atom. The molecule has 4 heteroatoms. The van der Waals surface area contributed by atoms with Crippen LogP contribution in [-0.2, 0) is 17.6 Å². The number of carbonyl (C=O) groups is 1. The Balaban J connectivity index is 2.00. The molecule has 0 fully saturated rings. The summed E-state index contributed by atoms with van der Waals surface area (Å²) in [5.41, 5.74) is 2.81. The van der Waals surface area contributed by atoms with Gasteiger partial charge in [0.05, 0.1) is 4.92 Å². The van der Waals surface area contributed by atoms with Crippen molar-refractivity contribution in [1.82, 2.24) is 0 Å². The van der Waals surface area contributed by atoms with Crippen LogP contribution < -0.4 is 0 Å². The van der Waals surface area contributed by atoms with Crippen LogP contribution in [0.4, 0.5) is 5.69 Å². The number of benzene rings is 2. The second kappa shape index (κ2) is 6.79. The van der Waals surface area contributed by atoms with Crippen LogP contribution in [0, 0.1) is 17.0 Å². The highest BCUT2D eigenvalue weighted by Gasteiger charge is 2.15. The smallest absolute Gasteiger partial charge is 0.273 e. The molecule has 0 aliphatic carbocycles. The van der Waals surface area contributed by atoms with Crippen molar-refractivity contribution in [1.29, 1.82) is 0 Å². The highest BCUT2D eigenvalue weighted by molar-refractivity contribution is 5.82. The lowest BCUT2D eigenvalue weighted by atomic mass is 9.99. The first kappa shape index (κ1) is 14.9. The quantitative estimate of drug-likeness (QED) is 0.600. The highest BCUT2D eigenvalue weighted by atomic mass is 16.6. The molecule has 0 unspecified atom stereocenters. The van der Waals surface area contributed by atoms with E-state index >= 15 is 0 Å². The molecule has 0 amide bonds. The van der Waals surface area contributed by atoms with E-state index in [1.165, 1.54) is 6.07 Å². The summed E-state index contributed by atoms with van der Waals surface area (Å²) in [6, 6.07) is 14.3. The number of rotatable bonds is 6. The van der Waals surface area contributed by atoms with Crippen molar-refractivity contribution < 1.29 is 9.72 Å². The summed E-state index contributed by atoms with van der Waals surface area (Å²) in [6.45, 7) is 2.02. The van der Waals surface area contributed by atoms with Gasteiger partial charge in [-0.2, -0.15) is 0 Å². The van der Waals surface area contributed by atoms with Gasteiger partial charge in [0, 0.05) is 24.5 Å². The van der Waals surface area contributed by atoms with Crippen molar-refractivity contribution >= 4 is 11.5 Å². The van der Waals surface area contributed by atoms with Crippen molar-refractivity contribution in [2.24, 2.45) is 0 Å². The minimum atomic E-state index is -0.441. The van der Waals surface area contributed by atoms with Gasteiger partial charge in [0.2, 0.25) is 0 Å². The van der Waals surface area contributed by atoms with E-state index < -0.39 is 4.92 Å². The van der Waals surface area contributed by atoms with Crippen LogP contribution in [0.3, 0.4) is 0 Å². The molecule has 2 aromatic rings. The summed E-state index contributed by atoms with van der Waals surface area (Å²) in [4.78, 5) is 22.5. The number of hydrogen-bond donors (Lipinski definition) is 0. The minimum absolute atomic E-state index is 0.0155. The molecule has 0 saturated heterocycles. The van der Waals surface area contributed by atoms with E-state index in [4.69, 9.17) is 0 Å². The van der Waals surface area contributed by atoms with E-state index in [0.29, 0.717) is 18.4 Å². The van der Waals surface area contributed by atoms with Gasteiger partial charge < -0.3 is 0 Å². The fraction of sp³-hybridized carbons (Fsp3) is 0.235. The first-order valence-corrected chi connectivity index (χ1v) is 6.86. The standard InChI is InChI=1S/C17H17NO3/c1-13-6-2-3-7-14(13)10-11-16(19)12-15-8-4-5-9-17(15)18(20)21/h2-9H,10-12H2,1H3. The summed E-state index contributed by atoms with van der Waals surface area (Å²) in [6.07, 6.45) is 1.19. The SMILES string of the molecule is Cc1ccccc1CCC(=O)Cc1ccccc1[N+](=O)[O-]. The van der Waals surface area contributed by atoms with Gasteiger partial charge in [0.15, 0.2) is 0 Å². The molecule has 0 aliphatic heterocycles. The van der Waals surface area contributed by atoms with Crippen LogP contribution in [0.1, 0.15) is 23.1 Å². The monoisotopic (exact) mass is 283 g/mol. The van der Waals surface area contributed by atoms with E-state index in [1.54, 1.807) is 18.2 Å². The van der Waals surface area contributed by atoms with Gasteiger partial charge in [-0.25, -0.2) is 0 Å². The predicted molar refractivity (Wildman–Crippen MR) is 81.3 cm³/mol. The minimum Gasteiger partial charge on any atom is -0.299 e. The second-order valence-corrected chi connectivity index (χ2v) is 5.03. The summed E-state index contributed by atoms with van der Waals surface area (Å²) >= 11 is 0.